The summed E-state index contributed by atoms with van der Waals surface area (Å²) in [6.07, 6.45) is 15.4. The topological polar surface area (TPSA) is 0 Å². The van der Waals surface area contributed by atoms with Crippen molar-refractivity contribution in [3.63, 3.8) is 0 Å². The second-order valence-electron chi connectivity index (χ2n) is 10.4. The Hall–Kier alpha value is 0. The average Bonchev–Trinajstić information content (AvgIpc) is 2.58. The van der Waals surface area contributed by atoms with Crippen LogP contribution in [0.1, 0.15) is 106 Å². The predicted molar refractivity (Wildman–Crippen MR) is 106 cm³/mol. The van der Waals surface area contributed by atoms with Crippen LogP contribution in [0, 0.1) is 46.3 Å². The summed E-state index contributed by atoms with van der Waals surface area (Å²) in [6.45, 7) is 14.5. The fourth-order valence-electron chi connectivity index (χ4n) is 7.93. The summed E-state index contributed by atoms with van der Waals surface area (Å²) < 4.78 is 0. The molecule has 0 nitrogen and oxygen atoms in total. The fourth-order valence-corrected chi connectivity index (χ4v) is 7.93. The third kappa shape index (κ3) is 2.79. The molecule has 24 heavy (non-hydrogen) atoms. The smallest absolute Gasteiger partial charge is 0.0266 e. The molecule has 0 aromatic rings. The second kappa shape index (κ2) is 6.96. The first-order chi connectivity index (χ1) is 11.4. The lowest BCUT2D eigenvalue weighted by Crippen LogP contribution is -2.56. The van der Waals surface area contributed by atoms with Crippen molar-refractivity contribution in [1.82, 2.24) is 0 Å². The highest BCUT2D eigenvalue weighted by Gasteiger charge is 2.58. The Bertz CT molecular complexity index is 426. The number of hydrogen-bond acceptors (Lipinski definition) is 0. The Labute approximate surface area is 152 Å². The molecule has 0 saturated heterocycles. The van der Waals surface area contributed by atoms with Crippen LogP contribution in [0.3, 0.4) is 0 Å². The van der Waals surface area contributed by atoms with E-state index in [1.54, 1.807) is 25.7 Å². The van der Waals surface area contributed by atoms with E-state index in [1.165, 1.54) is 38.5 Å². The van der Waals surface area contributed by atoms with E-state index < -0.39 is 0 Å². The van der Waals surface area contributed by atoms with E-state index in [1.807, 2.05) is 13.8 Å². The van der Waals surface area contributed by atoms with Gasteiger partial charge < -0.3 is 0 Å². The first-order valence-electron chi connectivity index (χ1n) is 11.4. The van der Waals surface area contributed by atoms with Crippen LogP contribution < -0.4 is 0 Å². The molecule has 0 spiro atoms. The second-order valence-corrected chi connectivity index (χ2v) is 10.4. The van der Waals surface area contributed by atoms with Crippen molar-refractivity contribution in [1.29, 1.82) is 0 Å². The minimum Gasteiger partial charge on any atom is -0.0683 e. The number of hydrogen-bond donors (Lipinski definition) is 0. The van der Waals surface area contributed by atoms with Crippen molar-refractivity contribution >= 4 is 0 Å². The van der Waals surface area contributed by atoms with Crippen molar-refractivity contribution in [3.05, 3.63) is 0 Å². The summed E-state index contributed by atoms with van der Waals surface area (Å²) in [5.74, 6) is 6.22. The molecule has 0 heteroatoms. The van der Waals surface area contributed by atoms with Crippen molar-refractivity contribution < 1.29 is 0 Å². The third-order valence-corrected chi connectivity index (χ3v) is 9.59. The van der Waals surface area contributed by atoms with Crippen LogP contribution in [0.4, 0.5) is 0 Å². The normalized spacial score (nSPS) is 53.8. The van der Waals surface area contributed by atoms with E-state index in [2.05, 4.69) is 27.7 Å². The molecule has 0 N–H and O–H groups in total. The van der Waals surface area contributed by atoms with Gasteiger partial charge in [0.25, 0.3) is 0 Å². The molecule has 4 aliphatic carbocycles. The summed E-state index contributed by atoms with van der Waals surface area (Å²) in [7, 11) is 0. The molecule has 0 aromatic heterocycles. The lowest BCUT2D eigenvalue weighted by Gasteiger charge is -2.64. The molecule has 0 bridgehead atoms. The van der Waals surface area contributed by atoms with Crippen LogP contribution >= 0.6 is 0 Å². The van der Waals surface area contributed by atoms with Crippen LogP contribution in [-0.4, -0.2) is 0 Å². The van der Waals surface area contributed by atoms with E-state index in [4.69, 9.17) is 0 Å². The summed E-state index contributed by atoms with van der Waals surface area (Å²) in [6, 6.07) is 0. The van der Waals surface area contributed by atoms with Gasteiger partial charge in [0.15, 0.2) is 0 Å². The Morgan fingerprint density at radius 1 is 0.708 bits per heavy atom. The summed E-state index contributed by atoms with van der Waals surface area (Å²) in [4.78, 5) is 0. The zero-order valence-electron chi connectivity index (χ0n) is 17.5. The standard InChI is InChI=1S/C22H38.C2H6/c1-15-10-12-22(4)17(13-15)8-9-18-19-7-5-6-11-21(19,3)16(2)14-20(18)22;1-2/h15-20H,5-14H2,1-4H3;1-2H3/t15-,16?,17?,18?,19?,20?,21-,22-;/m0./s1. The molecule has 0 aromatic carbocycles. The van der Waals surface area contributed by atoms with Gasteiger partial charge in [0, 0.05) is 0 Å². The average molecular weight is 333 g/mol. The Morgan fingerprint density at radius 3 is 2.21 bits per heavy atom. The van der Waals surface area contributed by atoms with E-state index >= 15 is 0 Å². The molecule has 4 aliphatic rings. The molecule has 4 saturated carbocycles. The first-order valence-corrected chi connectivity index (χ1v) is 11.4. The summed E-state index contributed by atoms with van der Waals surface area (Å²) >= 11 is 0. The largest absolute Gasteiger partial charge is 0.0683 e. The maximum atomic E-state index is 2.72. The molecule has 4 fully saturated rings. The molecule has 5 unspecified atom stereocenters. The van der Waals surface area contributed by atoms with Crippen LogP contribution in [0.15, 0.2) is 0 Å². The predicted octanol–water partition coefficient (Wildman–Crippen LogP) is 7.72. The Kier molecular flexibility index (Phi) is 5.44. The summed E-state index contributed by atoms with van der Waals surface area (Å²) in [5, 5.41) is 0. The first kappa shape index (κ1) is 18.8. The zero-order chi connectivity index (χ0) is 17.5. The van der Waals surface area contributed by atoms with Crippen LogP contribution in [0.2, 0.25) is 0 Å². The molecule has 0 amide bonds. The number of rotatable bonds is 0. The molecular weight excluding hydrogens is 288 g/mol. The van der Waals surface area contributed by atoms with E-state index in [0.717, 1.165) is 35.5 Å². The van der Waals surface area contributed by atoms with Crippen molar-refractivity contribution in [2.24, 2.45) is 46.3 Å². The monoisotopic (exact) mass is 332 g/mol. The highest BCUT2D eigenvalue weighted by molar-refractivity contribution is 5.07. The zero-order valence-corrected chi connectivity index (χ0v) is 17.5. The van der Waals surface area contributed by atoms with Gasteiger partial charge in [-0.1, -0.05) is 60.8 Å². The highest BCUT2D eigenvalue weighted by atomic mass is 14.6. The van der Waals surface area contributed by atoms with E-state index in [0.29, 0.717) is 10.8 Å². The molecule has 0 radical (unpaired) electrons. The molecule has 8 atom stereocenters. The van der Waals surface area contributed by atoms with Crippen molar-refractivity contribution in [2.75, 3.05) is 0 Å². The lowest BCUT2D eigenvalue weighted by molar-refractivity contribution is -0.150. The fraction of sp³-hybridized carbons (Fsp3) is 1.00. The SMILES string of the molecule is CC.CC1CC2C(CCC3C[C@@H](C)CC[C@@]32C)C2CCCC[C@@]12C. The minimum atomic E-state index is 0.685. The molecule has 140 valence electrons. The van der Waals surface area contributed by atoms with Gasteiger partial charge in [-0.2, -0.15) is 0 Å². The van der Waals surface area contributed by atoms with Gasteiger partial charge in [-0.25, -0.2) is 0 Å². The maximum absolute atomic E-state index is 2.72. The minimum absolute atomic E-state index is 0.685. The van der Waals surface area contributed by atoms with Crippen molar-refractivity contribution in [2.45, 2.75) is 106 Å². The van der Waals surface area contributed by atoms with Gasteiger partial charge in [-0.15, -0.1) is 0 Å². The van der Waals surface area contributed by atoms with Gasteiger partial charge in [0.05, 0.1) is 0 Å². The van der Waals surface area contributed by atoms with Gasteiger partial charge in [0.2, 0.25) is 0 Å². The highest BCUT2D eigenvalue weighted by Crippen LogP contribution is 2.67. The van der Waals surface area contributed by atoms with Crippen LogP contribution in [0.5, 0.6) is 0 Å². The molecule has 0 heterocycles. The van der Waals surface area contributed by atoms with Crippen molar-refractivity contribution in [3.8, 4) is 0 Å². The molecule has 0 aliphatic heterocycles. The molecular formula is C24H44. The third-order valence-electron chi connectivity index (χ3n) is 9.59. The van der Waals surface area contributed by atoms with E-state index in [9.17, 15) is 0 Å². The lowest BCUT2D eigenvalue weighted by atomic mass is 9.41. The van der Waals surface area contributed by atoms with Gasteiger partial charge in [-0.05, 0) is 91.3 Å². The maximum Gasteiger partial charge on any atom is -0.0266 e. The van der Waals surface area contributed by atoms with Gasteiger partial charge in [0.1, 0.15) is 0 Å². The van der Waals surface area contributed by atoms with Gasteiger partial charge >= 0.3 is 0 Å². The Balaban J connectivity index is 0.000000815. The molecule has 4 rings (SSSR count). The van der Waals surface area contributed by atoms with E-state index in [-0.39, 0.29) is 0 Å². The quantitative estimate of drug-likeness (QED) is 0.426. The summed E-state index contributed by atoms with van der Waals surface area (Å²) in [5.41, 5.74) is 1.38. The van der Waals surface area contributed by atoms with Gasteiger partial charge in [-0.3, -0.25) is 0 Å². The van der Waals surface area contributed by atoms with Crippen LogP contribution in [-0.2, 0) is 0 Å². The van der Waals surface area contributed by atoms with Crippen LogP contribution in [0.25, 0.3) is 0 Å². The Morgan fingerprint density at radius 2 is 1.46 bits per heavy atom. The number of fused-ring (bicyclic) bond motifs is 5.